The number of nitrogens with zero attached hydrogens (tertiary/aromatic N) is 1. The van der Waals surface area contributed by atoms with Crippen LogP contribution in [0.5, 0.6) is 0 Å². The first kappa shape index (κ1) is 14.6. The lowest BCUT2D eigenvalue weighted by Crippen LogP contribution is -2.49. The van der Waals surface area contributed by atoms with Crippen LogP contribution in [0.4, 0.5) is 11.4 Å². The van der Waals surface area contributed by atoms with Gasteiger partial charge in [0.25, 0.3) is 5.91 Å². The van der Waals surface area contributed by atoms with Crippen LogP contribution < -0.4 is 10.2 Å². The first-order valence-corrected chi connectivity index (χ1v) is 7.48. The van der Waals surface area contributed by atoms with E-state index >= 15 is 0 Å². The van der Waals surface area contributed by atoms with E-state index in [1.165, 1.54) is 5.56 Å². The number of hydrogen-bond donors (Lipinski definition) is 2. The highest BCUT2D eigenvalue weighted by molar-refractivity contribution is 5.97. The van der Waals surface area contributed by atoms with Crippen LogP contribution in [0.15, 0.2) is 54.6 Å². The predicted molar refractivity (Wildman–Crippen MR) is 88.1 cm³/mol. The summed E-state index contributed by atoms with van der Waals surface area (Å²) < 4.78 is 0. The molecule has 1 amide bonds. The maximum absolute atomic E-state index is 12.3. The largest absolute Gasteiger partial charge is 0.378 e. The van der Waals surface area contributed by atoms with E-state index in [9.17, 15) is 9.90 Å². The number of carbonyl (C=O) groups is 1. The number of aliphatic hydroxyl groups is 1. The Morgan fingerprint density at radius 2 is 1.86 bits per heavy atom. The van der Waals surface area contributed by atoms with E-state index in [0.717, 1.165) is 18.7 Å². The van der Waals surface area contributed by atoms with Crippen LogP contribution in [0.25, 0.3) is 0 Å². The van der Waals surface area contributed by atoms with Gasteiger partial charge >= 0.3 is 0 Å². The second-order valence-electron chi connectivity index (χ2n) is 5.89. The number of hydrogen-bond acceptors (Lipinski definition) is 3. The fraction of sp³-hybridized carbons (Fsp3) is 0.278. The van der Waals surface area contributed by atoms with Gasteiger partial charge in [0.15, 0.2) is 5.60 Å². The molecule has 0 radical (unpaired) electrons. The Morgan fingerprint density at radius 3 is 2.64 bits per heavy atom. The summed E-state index contributed by atoms with van der Waals surface area (Å²) in [5.41, 5.74) is 1.61. The molecule has 0 aliphatic carbocycles. The van der Waals surface area contributed by atoms with Crippen LogP contribution in [0.3, 0.4) is 0 Å². The quantitative estimate of drug-likeness (QED) is 0.911. The van der Waals surface area contributed by atoms with Gasteiger partial charge in [-0.25, -0.2) is 0 Å². The summed E-state index contributed by atoms with van der Waals surface area (Å²) in [6.07, 6.45) is 0.951. The highest BCUT2D eigenvalue weighted by Gasteiger charge is 2.34. The maximum Gasteiger partial charge on any atom is 0.257 e. The minimum absolute atomic E-state index is 0.280. The summed E-state index contributed by atoms with van der Waals surface area (Å²) in [5.74, 6) is -0.386. The molecule has 4 nitrogen and oxygen atoms in total. The average molecular weight is 296 g/mol. The Bertz CT molecular complexity index is 668. The number of β-amino-alcohol motifs (C(OH)–C–C–N with tert-alkyl or cyclic N) is 1. The molecule has 0 aromatic heterocycles. The highest BCUT2D eigenvalue weighted by atomic mass is 16.3. The zero-order chi connectivity index (χ0) is 15.6. The lowest BCUT2D eigenvalue weighted by atomic mass is 10.0. The molecule has 3 rings (SSSR count). The summed E-state index contributed by atoms with van der Waals surface area (Å²) in [6, 6.07) is 17.3. The van der Waals surface area contributed by atoms with Crippen molar-refractivity contribution in [2.45, 2.75) is 18.9 Å². The molecule has 1 aliphatic heterocycles. The first-order chi connectivity index (χ1) is 10.6. The summed E-state index contributed by atoms with van der Waals surface area (Å²) in [5, 5.41) is 13.3. The van der Waals surface area contributed by atoms with Gasteiger partial charge in [0.2, 0.25) is 0 Å². The molecule has 2 aromatic carbocycles. The number of nitrogens with one attached hydrogen (secondary N) is 1. The lowest BCUT2D eigenvalue weighted by Gasteiger charge is -2.29. The molecule has 114 valence electrons. The van der Waals surface area contributed by atoms with E-state index in [-0.39, 0.29) is 12.5 Å². The Balaban J connectivity index is 1.70. The standard InChI is InChI=1S/C18H20N2O2/c1-18(22,17(21)19-15-8-3-2-4-9-15)13-20-12-11-14-7-5-6-10-16(14)20/h2-10,22H,11-13H2,1H3,(H,19,21)/t18-/m0/s1. The monoisotopic (exact) mass is 296 g/mol. The number of amides is 1. The minimum Gasteiger partial charge on any atom is -0.378 e. The van der Waals surface area contributed by atoms with Gasteiger partial charge in [-0.05, 0) is 37.1 Å². The summed E-state index contributed by atoms with van der Waals surface area (Å²) in [7, 11) is 0. The molecule has 0 saturated carbocycles. The number of para-hydroxylation sites is 2. The van der Waals surface area contributed by atoms with E-state index in [2.05, 4.69) is 16.3 Å². The van der Waals surface area contributed by atoms with Crippen molar-refractivity contribution in [3.05, 3.63) is 60.2 Å². The van der Waals surface area contributed by atoms with Crippen molar-refractivity contribution < 1.29 is 9.90 Å². The molecule has 1 heterocycles. The van der Waals surface area contributed by atoms with Crippen molar-refractivity contribution in [2.75, 3.05) is 23.3 Å². The van der Waals surface area contributed by atoms with Crippen molar-refractivity contribution in [1.82, 2.24) is 0 Å². The second kappa shape index (κ2) is 5.81. The molecular weight excluding hydrogens is 276 g/mol. The van der Waals surface area contributed by atoms with E-state index < -0.39 is 5.60 Å². The maximum atomic E-state index is 12.3. The fourth-order valence-electron chi connectivity index (χ4n) is 2.80. The predicted octanol–water partition coefficient (Wildman–Crippen LogP) is 2.44. The molecule has 0 saturated heterocycles. The third kappa shape index (κ3) is 2.97. The molecule has 4 heteroatoms. The van der Waals surface area contributed by atoms with Crippen LogP contribution >= 0.6 is 0 Å². The minimum atomic E-state index is -1.45. The third-order valence-electron chi connectivity index (χ3n) is 4.00. The van der Waals surface area contributed by atoms with Gasteiger partial charge in [-0.15, -0.1) is 0 Å². The second-order valence-corrected chi connectivity index (χ2v) is 5.89. The van der Waals surface area contributed by atoms with Crippen molar-refractivity contribution in [3.63, 3.8) is 0 Å². The van der Waals surface area contributed by atoms with Gasteiger partial charge in [0.05, 0.1) is 6.54 Å². The molecular formula is C18H20N2O2. The normalized spacial score (nSPS) is 16.0. The summed E-state index contributed by atoms with van der Waals surface area (Å²) in [4.78, 5) is 14.4. The first-order valence-electron chi connectivity index (χ1n) is 7.48. The number of benzene rings is 2. The molecule has 0 spiro atoms. The van der Waals surface area contributed by atoms with Crippen molar-refractivity contribution in [3.8, 4) is 0 Å². The smallest absolute Gasteiger partial charge is 0.257 e. The SMILES string of the molecule is C[C@](O)(CN1CCc2ccccc21)C(=O)Nc1ccccc1. The molecule has 2 aromatic rings. The lowest BCUT2D eigenvalue weighted by molar-refractivity contribution is -0.131. The Morgan fingerprint density at radius 1 is 1.18 bits per heavy atom. The van der Waals surface area contributed by atoms with Crippen LogP contribution in [0.2, 0.25) is 0 Å². The summed E-state index contributed by atoms with van der Waals surface area (Å²) >= 11 is 0. The van der Waals surface area contributed by atoms with E-state index in [0.29, 0.717) is 5.69 Å². The van der Waals surface area contributed by atoms with Crippen LogP contribution in [-0.4, -0.2) is 29.7 Å². The molecule has 22 heavy (non-hydrogen) atoms. The number of anilines is 2. The number of carbonyl (C=O) groups excluding carboxylic acids is 1. The molecule has 0 fully saturated rings. The van der Waals surface area contributed by atoms with E-state index in [1.54, 1.807) is 19.1 Å². The zero-order valence-corrected chi connectivity index (χ0v) is 12.6. The van der Waals surface area contributed by atoms with Gasteiger partial charge in [0.1, 0.15) is 0 Å². The molecule has 1 aliphatic rings. The van der Waals surface area contributed by atoms with E-state index in [1.807, 2.05) is 36.4 Å². The van der Waals surface area contributed by atoms with Crippen LogP contribution in [0, 0.1) is 0 Å². The molecule has 2 N–H and O–H groups in total. The Labute approximate surface area is 130 Å². The van der Waals surface area contributed by atoms with Gasteiger partial charge in [-0.2, -0.15) is 0 Å². The van der Waals surface area contributed by atoms with Crippen molar-refractivity contribution in [2.24, 2.45) is 0 Å². The number of fused-ring (bicyclic) bond motifs is 1. The van der Waals surface area contributed by atoms with Crippen LogP contribution in [0.1, 0.15) is 12.5 Å². The molecule has 0 bridgehead atoms. The van der Waals surface area contributed by atoms with Gasteiger partial charge in [-0.1, -0.05) is 36.4 Å². The average Bonchev–Trinajstić information content (AvgIpc) is 2.91. The van der Waals surface area contributed by atoms with Crippen molar-refractivity contribution in [1.29, 1.82) is 0 Å². The Kier molecular flexibility index (Phi) is 3.86. The molecule has 1 atom stereocenters. The van der Waals surface area contributed by atoms with Gasteiger partial charge < -0.3 is 15.3 Å². The van der Waals surface area contributed by atoms with Crippen molar-refractivity contribution >= 4 is 17.3 Å². The molecule has 0 unspecified atom stereocenters. The number of rotatable bonds is 4. The topological polar surface area (TPSA) is 52.6 Å². The highest BCUT2D eigenvalue weighted by Crippen LogP contribution is 2.29. The Hall–Kier alpha value is -2.33. The third-order valence-corrected chi connectivity index (χ3v) is 4.00. The van der Waals surface area contributed by atoms with Gasteiger partial charge in [0, 0.05) is 17.9 Å². The summed E-state index contributed by atoms with van der Waals surface area (Å²) in [6.45, 7) is 2.67. The van der Waals surface area contributed by atoms with Gasteiger partial charge in [-0.3, -0.25) is 4.79 Å². The zero-order valence-electron chi connectivity index (χ0n) is 12.6. The fourth-order valence-corrected chi connectivity index (χ4v) is 2.80. The van der Waals surface area contributed by atoms with E-state index in [4.69, 9.17) is 0 Å². The van der Waals surface area contributed by atoms with Crippen LogP contribution in [-0.2, 0) is 11.2 Å².